The lowest BCUT2D eigenvalue weighted by atomic mass is 10.2. The fourth-order valence-electron chi connectivity index (χ4n) is 0.963. The molecule has 0 aliphatic heterocycles. The normalized spacial score (nSPS) is 12.3. The third-order valence-corrected chi connectivity index (χ3v) is 3.60. The van der Waals surface area contributed by atoms with E-state index in [-0.39, 0.29) is 4.47 Å². The standard InChI is InChI=1S/C9H6BrF3O5S/c10-7-5(2-1-3-6(7)11)8(14)18-4-9(12,13)19(15,16)17/h1-3H,4H2,(H,15,16,17). The molecule has 1 N–H and O–H groups in total. The SMILES string of the molecule is O=C(OCC(F)(F)S(=O)(=O)O)c1cccc(F)c1Br. The van der Waals surface area contributed by atoms with Gasteiger partial charge in [-0.05, 0) is 28.1 Å². The summed E-state index contributed by atoms with van der Waals surface area (Å²) < 4.78 is 71.1. The maximum absolute atomic E-state index is 13.1. The van der Waals surface area contributed by atoms with Gasteiger partial charge in [-0.3, -0.25) is 4.55 Å². The zero-order chi connectivity index (χ0) is 14.8. The van der Waals surface area contributed by atoms with Crippen LogP contribution in [0.4, 0.5) is 13.2 Å². The van der Waals surface area contributed by atoms with Gasteiger partial charge in [0.2, 0.25) is 0 Å². The molecule has 0 fully saturated rings. The number of alkyl halides is 2. The van der Waals surface area contributed by atoms with E-state index in [0.29, 0.717) is 0 Å². The third-order valence-electron chi connectivity index (χ3n) is 1.92. The Morgan fingerprint density at radius 3 is 2.53 bits per heavy atom. The molecular formula is C9H6BrF3O5S. The highest BCUT2D eigenvalue weighted by Crippen LogP contribution is 2.24. The van der Waals surface area contributed by atoms with Crippen molar-refractivity contribution in [3.8, 4) is 0 Å². The zero-order valence-electron chi connectivity index (χ0n) is 8.94. The number of ether oxygens (including phenoxy) is 1. The number of benzene rings is 1. The van der Waals surface area contributed by atoms with Gasteiger partial charge in [-0.1, -0.05) is 6.07 Å². The highest BCUT2D eigenvalue weighted by Gasteiger charge is 2.45. The summed E-state index contributed by atoms with van der Waals surface area (Å²) in [5, 5.41) is -4.64. The van der Waals surface area contributed by atoms with Crippen molar-refractivity contribution in [2.24, 2.45) is 0 Å². The Labute approximate surface area is 114 Å². The van der Waals surface area contributed by atoms with Crippen molar-refractivity contribution in [1.82, 2.24) is 0 Å². The van der Waals surface area contributed by atoms with Crippen molar-refractivity contribution >= 4 is 32.0 Å². The summed E-state index contributed by atoms with van der Waals surface area (Å²) in [6.45, 7) is -1.88. The maximum Gasteiger partial charge on any atom is 0.402 e. The molecule has 0 aromatic heterocycles. The molecule has 0 unspecified atom stereocenters. The van der Waals surface area contributed by atoms with Crippen LogP contribution in [0.25, 0.3) is 0 Å². The van der Waals surface area contributed by atoms with Crippen molar-refractivity contribution in [1.29, 1.82) is 0 Å². The van der Waals surface area contributed by atoms with Gasteiger partial charge in [-0.15, -0.1) is 0 Å². The van der Waals surface area contributed by atoms with Crippen LogP contribution in [0.5, 0.6) is 0 Å². The fourth-order valence-corrected chi connectivity index (χ4v) is 1.60. The second kappa shape index (κ2) is 5.47. The molecular weight excluding hydrogens is 357 g/mol. The van der Waals surface area contributed by atoms with E-state index in [1.54, 1.807) is 0 Å². The number of hydrogen-bond donors (Lipinski definition) is 1. The van der Waals surface area contributed by atoms with Crippen molar-refractivity contribution < 1.29 is 35.7 Å². The smallest absolute Gasteiger partial charge is 0.402 e. The minimum Gasteiger partial charge on any atom is -0.454 e. The zero-order valence-corrected chi connectivity index (χ0v) is 11.3. The predicted molar refractivity (Wildman–Crippen MR) is 60.9 cm³/mol. The fraction of sp³-hybridized carbons (Fsp3) is 0.222. The average molecular weight is 363 g/mol. The first-order valence-corrected chi connectivity index (χ1v) is 6.75. The highest BCUT2D eigenvalue weighted by atomic mass is 79.9. The van der Waals surface area contributed by atoms with Gasteiger partial charge < -0.3 is 4.74 Å². The van der Waals surface area contributed by atoms with E-state index in [2.05, 4.69) is 20.7 Å². The van der Waals surface area contributed by atoms with Crippen molar-refractivity contribution in [2.45, 2.75) is 5.25 Å². The lowest BCUT2D eigenvalue weighted by Crippen LogP contribution is -2.34. The van der Waals surface area contributed by atoms with E-state index >= 15 is 0 Å². The second-order valence-electron chi connectivity index (χ2n) is 3.29. The summed E-state index contributed by atoms with van der Waals surface area (Å²) in [4.78, 5) is 11.4. The monoisotopic (exact) mass is 362 g/mol. The van der Waals surface area contributed by atoms with Crippen LogP contribution in [-0.4, -0.2) is 30.8 Å². The Hall–Kier alpha value is -1.13. The molecule has 0 saturated heterocycles. The molecule has 0 saturated carbocycles. The van der Waals surface area contributed by atoms with Crippen molar-refractivity contribution in [2.75, 3.05) is 6.61 Å². The summed E-state index contributed by atoms with van der Waals surface area (Å²) in [7, 11) is -5.69. The third kappa shape index (κ3) is 3.67. The summed E-state index contributed by atoms with van der Waals surface area (Å²) in [5.41, 5.74) is -0.397. The van der Waals surface area contributed by atoms with E-state index < -0.39 is 39.3 Å². The average Bonchev–Trinajstić information content (AvgIpc) is 2.28. The molecule has 106 valence electrons. The van der Waals surface area contributed by atoms with Gasteiger partial charge in [0.15, 0.2) is 6.61 Å². The van der Waals surface area contributed by atoms with Gasteiger partial charge in [0, 0.05) is 0 Å². The second-order valence-corrected chi connectivity index (χ2v) is 5.63. The van der Waals surface area contributed by atoms with E-state index in [0.717, 1.165) is 18.2 Å². The van der Waals surface area contributed by atoms with Gasteiger partial charge in [-0.2, -0.15) is 17.2 Å². The summed E-state index contributed by atoms with van der Waals surface area (Å²) >= 11 is 2.71. The Bertz CT molecular complexity index is 602. The molecule has 0 radical (unpaired) electrons. The largest absolute Gasteiger partial charge is 0.454 e. The van der Waals surface area contributed by atoms with Crippen molar-refractivity contribution in [3.05, 3.63) is 34.1 Å². The first-order valence-electron chi connectivity index (χ1n) is 4.52. The molecule has 0 amide bonds. The quantitative estimate of drug-likeness (QED) is 0.656. The number of carbonyl (C=O) groups is 1. The minimum absolute atomic E-state index is 0.310. The van der Waals surface area contributed by atoms with Gasteiger partial charge in [-0.25, -0.2) is 9.18 Å². The van der Waals surface area contributed by atoms with Crippen LogP contribution in [0, 0.1) is 5.82 Å². The molecule has 5 nitrogen and oxygen atoms in total. The Kier molecular flexibility index (Phi) is 4.59. The summed E-state index contributed by atoms with van der Waals surface area (Å²) in [6.07, 6.45) is 0. The molecule has 1 aromatic rings. The van der Waals surface area contributed by atoms with Crippen molar-refractivity contribution in [3.63, 3.8) is 0 Å². The van der Waals surface area contributed by atoms with E-state index in [4.69, 9.17) is 4.55 Å². The van der Waals surface area contributed by atoms with Gasteiger partial charge in [0.25, 0.3) is 0 Å². The minimum atomic E-state index is -5.69. The molecule has 0 atom stereocenters. The maximum atomic E-state index is 13.1. The van der Waals surface area contributed by atoms with Crippen LogP contribution < -0.4 is 0 Å². The Balaban J connectivity index is 2.85. The molecule has 1 aromatic carbocycles. The number of hydrogen-bond acceptors (Lipinski definition) is 4. The predicted octanol–water partition coefficient (Wildman–Crippen LogP) is 2.23. The molecule has 0 aliphatic rings. The molecule has 0 bridgehead atoms. The number of esters is 1. The summed E-state index contributed by atoms with van der Waals surface area (Å²) in [5.74, 6) is -2.19. The van der Waals surface area contributed by atoms with Crippen LogP contribution >= 0.6 is 15.9 Å². The van der Waals surface area contributed by atoms with E-state index in [1.165, 1.54) is 0 Å². The Morgan fingerprint density at radius 1 is 1.42 bits per heavy atom. The van der Waals surface area contributed by atoms with Gasteiger partial charge >= 0.3 is 21.3 Å². The highest BCUT2D eigenvalue weighted by molar-refractivity contribution is 9.10. The summed E-state index contributed by atoms with van der Waals surface area (Å²) in [6, 6.07) is 3.23. The van der Waals surface area contributed by atoms with Crippen LogP contribution in [0.1, 0.15) is 10.4 Å². The van der Waals surface area contributed by atoms with Crippen LogP contribution in [-0.2, 0) is 14.9 Å². The molecule has 0 spiro atoms. The molecule has 0 heterocycles. The Morgan fingerprint density at radius 2 is 2.00 bits per heavy atom. The number of carbonyl (C=O) groups excluding carboxylic acids is 1. The van der Waals surface area contributed by atoms with Gasteiger partial charge in [0.1, 0.15) is 5.82 Å². The topological polar surface area (TPSA) is 80.7 Å². The molecule has 19 heavy (non-hydrogen) atoms. The lowest BCUT2D eigenvalue weighted by Gasteiger charge is -2.13. The number of halogens is 4. The first kappa shape index (κ1) is 15.9. The number of rotatable bonds is 4. The first-order chi connectivity index (χ1) is 8.56. The molecule has 0 aliphatic carbocycles. The van der Waals surface area contributed by atoms with Crippen LogP contribution in [0.15, 0.2) is 22.7 Å². The molecule has 1 rings (SSSR count). The van der Waals surface area contributed by atoms with E-state index in [9.17, 15) is 26.4 Å². The lowest BCUT2D eigenvalue weighted by molar-refractivity contribution is -0.00959. The van der Waals surface area contributed by atoms with Crippen LogP contribution in [0.3, 0.4) is 0 Å². The van der Waals surface area contributed by atoms with Crippen LogP contribution in [0.2, 0.25) is 0 Å². The van der Waals surface area contributed by atoms with E-state index in [1.807, 2.05) is 0 Å². The van der Waals surface area contributed by atoms with Gasteiger partial charge in [0.05, 0.1) is 10.0 Å². The molecule has 10 heteroatoms.